The van der Waals surface area contributed by atoms with Gasteiger partial charge in [0.15, 0.2) is 0 Å². The Hall–Kier alpha value is -3.23. The molecule has 0 saturated heterocycles. The molecular formula is C23H24N4O3S. The van der Waals surface area contributed by atoms with Gasteiger partial charge in [0.1, 0.15) is 12.0 Å². The number of benzene rings is 2. The Morgan fingerprint density at radius 1 is 0.968 bits per heavy atom. The second-order valence-electron chi connectivity index (χ2n) is 7.11. The summed E-state index contributed by atoms with van der Waals surface area (Å²) in [4.78, 5) is 19.3. The van der Waals surface area contributed by atoms with Crippen LogP contribution in [0.25, 0.3) is 0 Å². The first-order valence-electron chi connectivity index (χ1n) is 10.2. The first kappa shape index (κ1) is 21.0. The molecule has 1 aliphatic rings. The number of nitrogens with zero attached hydrogens (tertiary/aromatic N) is 3. The molecule has 3 aromatic rings. The van der Waals surface area contributed by atoms with Gasteiger partial charge in [-0.05, 0) is 42.5 Å². The van der Waals surface area contributed by atoms with Gasteiger partial charge in [0.2, 0.25) is 10.0 Å². The average Bonchev–Trinajstić information content (AvgIpc) is 3.07. The van der Waals surface area contributed by atoms with Crippen LogP contribution in [0.15, 0.2) is 77.8 Å². The van der Waals surface area contributed by atoms with Crippen molar-refractivity contribution in [3.05, 3.63) is 84.1 Å². The van der Waals surface area contributed by atoms with Gasteiger partial charge >= 0.3 is 0 Å². The van der Waals surface area contributed by atoms with Gasteiger partial charge in [-0.15, -0.1) is 0 Å². The fraction of sp³-hybridized carbons (Fsp3) is 0.217. The molecule has 1 aromatic heterocycles. The number of aromatic nitrogens is 1. The van der Waals surface area contributed by atoms with Crippen molar-refractivity contribution in [3.63, 3.8) is 0 Å². The third kappa shape index (κ3) is 3.80. The van der Waals surface area contributed by atoms with Crippen molar-refractivity contribution < 1.29 is 13.2 Å². The number of rotatable bonds is 7. The molecule has 2 heterocycles. The van der Waals surface area contributed by atoms with Crippen molar-refractivity contribution in [1.82, 2.24) is 9.29 Å². The van der Waals surface area contributed by atoms with E-state index >= 15 is 0 Å². The summed E-state index contributed by atoms with van der Waals surface area (Å²) >= 11 is 0. The largest absolute Gasteiger partial charge is 0.361 e. The summed E-state index contributed by atoms with van der Waals surface area (Å²) in [5.41, 5.74) is 2.17. The number of carbonyl (C=O) groups is 1. The molecule has 8 heteroatoms. The number of amides is 1. The van der Waals surface area contributed by atoms with Crippen LogP contribution in [0.3, 0.4) is 0 Å². The summed E-state index contributed by atoms with van der Waals surface area (Å²) < 4.78 is 26.9. The zero-order valence-electron chi connectivity index (χ0n) is 17.4. The monoisotopic (exact) mass is 436 g/mol. The van der Waals surface area contributed by atoms with Crippen molar-refractivity contribution in [2.24, 2.45) is 0 Å². The lowest BCUT2D eigenvalue weighted by molar-refractivity contribution is 0.0992. The average molecular weight is 437 g/mol. The van der Waals surface area contributed by atoms with Gasteiger partial charge in [-0.3, -0.25) is 9.69 Å². The first-order chi connectivity index (χ1) is 15.0. The number of hydrogen-bond donors (Lipinski definition) is 1. The topological polar surface area (TPSA) is 82.6 Å². The Balaban J connectivity index is 1.66. The smallest absolute Gasteiger partial charge is 0.261 e. The maximum atomic E-state index is 13.1. The molecule has 4 rings (SSSR count). The summed E-state index contributed by atoms with van der Waals surface area (Å²) in [6, 6.07) is 19.5. The second kappa shape index (κ2) is 8.49. The van der Waals surface area contributed by atoms with Crippen molar-refractivity contribution >= 4 is 27.4 Å². The molecular weight excluding hydrogens is 412 g/mol. The van der Waals surface area contributed by atoms with Crippen LogP contribution < -0.4 is 10.2 Å². The highest BCUT2D eigenvalue weighted by Crippen LogP contribution is 2.37. The molecule has 2 aromatic carbocycles. The quantitative estimate of drug-likeness (QED) is 0.608. The molecule has 0 fully saturated rings. The number of fused-ring (bicyclic) bond motifs is 1. The fourth-order valence-electron chi connectivity index (χ4n) is 3.78. The Kier molecular flexibility index (Phi) is 5.75. The highest BCUT2D eigenvalue weighted by atomic mass is 32.2. The Morgan fingerprint density at radius 3 is 2.29 bits per heavy atom. The third-order valence-corrected chi connectivity index (χ3v) is 7.42. The minimum absolute atomic E-state index is 0.132. The first-order valence-corrected chi connectivity index (χ1v) is 11.6. The molecule has 0 saturated carbocycles. The van der Waals surface area contributed by atoms with Crippen molar-refractivity contribution in [2.45, 2.75) is 24.9 Å². The number of pyridine rings is 1. The van der Waals surface area contributed by atoms with Crippen molar-refractivity contribution in [1.29, 1.82) is 0 Å². The standard InChI is InChI=1S/C23H24N4O3S/c1-3-26(4-2)31(29,30)18-14-12-17(13-15-18)25-22-19-9-5-6-10-20(19)23(28)27(22)21-11-7-8-16-24-21/h5-16,22,25H,3-4H2,1-2H3/t22-/m1/s1. The minimum atomic E-state index is -3.53. The molecule has 0 radical (unpaired) electrons. The van der Waals surface area contributed by atoms with E-state index in [-0.39, 0.29) is 10.8 Å². The molecule has 1 aliphatic heterocycles. The lowest BCUT2D eigenvalue weighted by atomic mass is 10.1. The lowest BCUT2D eigenvalue weighted by Gasteiger charge is -2.26. The Labute approximate surface area is 182 Å². The van der Waals surface area contributed by atoms with Gasteiger partial charge in [-0.2, -0.15) is 4.31 Å². The predicted octanol–water partition coefficient (Wildman–Crippen LogP) is 3.88. The van der Waals surface area contributed by atoms with Gasteiger partial charge in [0.05, 0.1) is 4.90 Å². The normalized spacial score (nSPS) is 15.9. The molecule has 0 unspecified atom stereocenters. The summed E-state index contributed by atoms with van der Waals surface area (Å²) in [5, 5.41) is 3.37. The molecule has 0 spiro atoms. The van der Waals surface area contributed by atoms with E-state index < -0.39 is 16.2 Å². The number of carbonyl (C=O) groups excluding carboxylic acids is 1. The number of nitrogens with one attached hydrogen (secondary N) is 1. The van der Waals surface area contributed by atoms with Crippen LogP contribution in [0.5, 0.6) is 0 Å². The van der Waals surface area contributed by atoms with E-state index in [0.717, 1.165) is 5.56 Å². The number of anilines is 2. The predicted molar refractivity (Wildman–Crippen MR) is 120 cm³/mol. The van der Waals surface area contributed by atoms with Crippen LogP contribution >= 0.6 is 0 Å². The SMILES string of the molecule is CCN(CC)S(=O)(=O)c1ccc(N[C@H]2c3ccccc3C(=O)N2c2ccccn2)cc1. The highest BCUT2D eigenvalue weighted by molar-refractivity contribution is 7.89. The maximum absolute atomic E-state index is 13.1. The van der Waals surface area contributed by atoms with Crippen LogP contribution in [0.4, 0.5) is 11.5 Å². The molecule has 1 amide bonds. The highest BCUT2D eigenvalue weighted by Gasteiger charge is 2.38. The van der Waals surface area contributed by atoms with E-state index in [1.54, 1.807) is 53.6 Å². The summed E-state index contributed by atoms with van der Waals surface area (Å²) in [6.07, 6.45) is 1.19. The molecule has 0 bridgehead atoms. The lowest BCUT2D eigenvalue weighted by Crippen LogP contribution is -2.33. The van der Waals surface area contributed by atoms with Crippen LogP contribution in [0.1, 0.15) is 35.9 Å². The van der Waals surface area contributed by atoms with Gasteiger partial charge in [-0.25, -0.2) is 13.4 Å². The molecule has 7 nitrogen and oxygen atoms in total. The van der Waals surface area contributed by atoms with E-state index in [2.05, 4.69) is 10.3 Å². The fourth-order valence-corrected chi connectivity index (χ4v) is 5.24. The van der Waals surface area contributed by atoms with Crippen LogP contribution in [0, 0.1) is 0 Å². The van der Waals surface area contributed by atoms with Gasteiger partial charge in [-0.1, -0.05) is 38.1 Å². The molecule has 160 valence electrons. The van der Waals surface area contributed by atoms with E-state index in [1.807, 2.05) is 38.1 Å². The number of hydrogen-bond acceptors (Lipinski definition) is 5. The van der Waals surface area contributed by atoms with E-state index in [1.165, 1.54) is 4.31 Å². The zero-order valence-corrected chi connectivity index (χ0v) is 18.2. The van der Waals surface area contributed by atoms with Crippen molar-refractivity contribution in [3.8, 4) is 0 Å². The third-order valence-electron chi connectivity index (χ3n) is 5.36. The van der Waals surface area contributed by atoms with Gasteiger partial charge in [0, 0.05) is 36.1 Å². The second-order valence-corrected chi connectivity index (χ2v) is 9.05. The summed E-state index contributed by atoms with van der Waals surface area (Å²) in [7, 11) is -3.53. The van der Waals surface area contributed by atoms with E-state index in [4.69, 9.17) is 0 Å². The van der Waals surface area contributed by atoms with Crippen LogP contribution in [0.2, 0.25) is 0 Å². The zero-order chi connectivity index (χ0) is 22.0. The minimum Gasteiger partial charge on any atom is -0.361 e. The van der Waals surface area contributed by atoms with E-state index in [0.29, 0.717) is 30.2 Å². The Bertz CT molecular complexity index is 1180. The molecule has 1 N–H and O–H groups in total. The molecule has 31 heavy (non-hydrogen) atoms. The van der Waals surface area contributed by atoms with Crippen LogP contribution in [-0.4, -0.2) is 36.7 Å². The van der Waals surface area contributed by atoms with E-state index in [9.17, 15) is 13.2 Å². The van der Waals surface area contributed by atoms with Gasteiger partial charge in [0.25, 0.3) is 5.91 Å². The van der Waals surface area contributed by atoms with Crippen molar-refractivity contribution in [2.75, 3.05) is 23.3 Å². The summed E-state index contributed by atoms with van der Waals surface area (Å²) in [6.45, 7) is 4.47. The molecule has 1 atom stereocenters. The number of sulfonamides is 1. The Morgan fingerprint density at radius 2 is 1.65 bits per heavy atom. The maximum Gasteiger partial charge on any atom is 0.261 e. The molecule has 0 aliphatic carbocycles. The van der Waals surface area contributed by atoms with Crippen LogP contribution in [-0.2, 0) is 10.0 Å². The summed E-state index contributed by atoms with van der Waals surface area (Å²) in [5.74, 6) is 0.412. The van der Waals surface area contributed by atoms with Gasteiger partial charge < -0.3 is 5.32 Å².